The highest BCUT2D eigenvalue weighted by Crippen LogP contribution is 2.28. The van der Waals surface area contributed by atoms with Gasteiger partial charge in [0.05, 0.1) is 15.9 Å². The van der Waals surface area contributed by atoms with E-state index in [2.05, 4.69) is 5.32 Å². The topological polar surface area (TPSA) is 110 Å². The number of carbonyl (C=O) groups is 1. The number of hydrogen-bond donors (Lipinski definition) is 1. The average Bonchev–Trinajstić information content (AvgIpc) is 3.27. The first-order chi connectivity index (χ1) is 14.7. The molecule has 0 radical (unpaired) electrons. The number of nitrogens with zero attached hydrogens (tertiary/aromatic N) is 3. The van der Waals surface area contributed by atoms with Gasteiger partial charge in [-0.2, -0.15) is 4.31 Å². The van der Waals surface area contributed by atoms with Crippen LogP contribution >= 0.6 is 0 Å². The summed E-state index contributed by atoms with van der Waals surface area (Å²) in [7, 11) is -1.03. The Hall–Kier alpha value is -2.46. The van der Waals surface area contributed by atoms with Crippen molar-refractivity contribution in [2.24, 2.45) is 14.1 Å². The summed E-state index contributed by atoms with van der Waals surface area (Å²) in [6, 6.07) is 3.74. The molecule has 2 aromatic rings. The molecule has 2 fully saturated rings. The third-order valence-corrected chi connectivity index (χ3v) is 8.43. The number of benzene rings is 1. The van der Waals surface area contributed by atoms with Gasteiger partial charge in [0.25, 0.3) is 0 Å². The first kappa shape index (κ1) is 21.8. The Balaban J connectivity index is 1.67. The van der Waals surface area contributed by atoms with Crippen molar-refractivity contribution in [3.8, 4) is 0 Å². The smallest absolute Gasteiger partial charge is 0.316 e. The Bertz CT molecular complexity index is 1240. The van der Waals surface area contributed by atoms with Gasteiger partial charge in [-0.15, -0.1) is 0 Å². The molecule has 2 heterocycles. The zero-order chi connectivity index (χ0) is 22.3. The number of sulfonamides is 1. The van der Waals surface area contributed by atoms with Crippen LogP contribution in [0.1, 0.15) is 44.9 Å². The van der Waals surface area contributed by atoms with Crippen LogP contribution in [0.15, 0.2) is 32.7 Å². The number of rotatable bonds is 4. The molecule has 1 atom stereocenters. The monoisotopic (exact) mass is 448 g/mol. The lowest BCUT2D eigenvalue weighted by Crippen LogP contribution is -2.49. The van der Waals surface area contributed by atoms with Gasteiger partial charge >= 0.3 is 11.1 Å². The van der Waals surface area contributed by atoms with Crippen molar-refractivity contribution in [2.75, 3.05) is 6.54 Å². The minimum absolute atomic E-state index is 0.00557. The summed E-state index contributed by atoms with van der Waals surface area (Å²) < 4.78 is 30.5. The van der Waals surface area contributed by atoms with E-state index in [9.17, 15) is 22.8 Å². The molecule has 0 spiro atoms. The van der Waals surface area contributed by atoms with E-state index >= 15 is 0 Å². The standard InChI is InChI=1S/C21H28N4O5S/c1-23-16-11-10-15(13-18(16)24(2)21(28)20(23)27)31(29,30)25-12-6-9-17(25)19(26)22-14-7-4-3-5-8-14/h10-11,13-14,17H,3-9,12H2,1-2H3,(H,22,26). The maximum atomic E-state index is 13.4. The molecule has 1 saturated heterocycles. The fourth-order valence-corrected chi connectivity index (χ4v) is 6.37. The molecule has 1 aliphatic heterocycles. The van der Waals surface area contributed by atoms with Gasteiger partial charge in [0.15, 0.2) is 0 Å². The Labute approximate surface area is 180 Å². The molecule has 31 heavy (non-hydrogen) atoms. The minimum atomic E-state index is -3.95. The van der Waals surface area contributed by atoms with Crippen LogP contribution in [0.2, 0.25) is 0 Å². The lowest BCUT2D eigenvalue weighted by atomic mass is 9.95. The minimum Gasteiger partial charge on any atom is -0.352 e. The lowest BCUT2D eigenvalue weighted by Gasteiger charge is -2.28. The summed E-state index contributed by atoms with van der Waals surface area (Å²) in [5.41, 5.74) is -0.602. The molecule has 2 aliphatic rings. The third kappa shape index (κ3) is 3.82. The van der Waals surface area contributed by atoms with E-state index in [1.54, 1.807) is 0 Å². The van der Waals surface area contributed by atoms with E-state index in [0.717, 1.165) is 30.3 Å². The Morgan fingerprint density at radius 2 is 1.58 bits per heavy atom. The average molecular weight is 449 g/mol. The van der Waals surface area contributed by atoms with Crippen molar-refractivity contribution in [3.05, 3.63) is 38.9 Å². The van der Waals surface area contributed by atoms with Crippen LogP contribution in [-0.4, -0.2) is 46.4 Å². The second-order valence-corrected chi connectivity index (χ2v) is 10.4. The number of hydrogen-bond acceptors (Lipinski definition) is 5. The van der Waals surface area contributed by atoms with Crippen LogP contribution in [0.3, 0.4) is 0 Å². The zero-order valence-electron chi connectivity index (χ0n) is 17.8. The van der Waals surface area contributed by atoms with E-state index < -0.39 is 27.2 Å². The Morgan fingerprint density at radius 1 is 0.935 bits per heavy atom. The molecule has 9 nitrogen and oxygen atoms in total. The van der Waals surface area contributed by atoms with Gasteiger partial charge in [-0.05, 0) is 43.9 Å². The normalized spacial score (nSPS) is 20.9. The van der Waals surface area contributed by atoms with E-state index in [4.69, 9.17) is 0 Å². The first-order valence-electron chi connectivity index (χ1n) is 10.7. The molecular weight excluding hydrogens is 420 g/mol. The number of carbonyl (C=O) groups excluding carboxylic acids is 1. The van der Waals surface area contributed by atoms with Crippen molar-refractivity contribution < 1.29 is 13.2 Å². The maximum Gasteiger partial charge on any atom is 0.316 e. The molecule has 10 heteroatoms. The van der Waals surface area contributed by atoms with E-state index in [1.807, 2.05) is 0 Å². The van der Waals surface area contributed by atoms with Gasteiger partial charge in [0, 0.05) is 26.7 Å². The quantitative estimate of drug-likeness (QED) is 0.697. The molecule has 1 aromatic heterocycles. The van der Waals surface area contributed by atoms with Crippen molar-refractivity contribution in [1.29, 1.82) is 0 Å². The molecule has 1 aliphatic carbocycles. The highest BCUT2D eigenvalue weighted by molar-refractivity contribution is 7.89. The molecule has 168 valence electrons. The fraction of sp³-hybridized carbons (Fsp3) is 0.571. The van der Waals surface area contributed by atoms with Crippen LogP contribution in [0.5, 0.6) is 0 Å². The Morgan fingerprint density at radius 3 is 2.26 bits per heavy atom. The van der Waals surface area contributed by atoms with Gasteiger partial charge in [0.2, 0.25) is 15.9 Å². The van der Waals surface area contributed by atoms with Crippen LogP contribution in [0.25, 0.3) is 11.0 Å². The molecule has 1 saturated carbocycles. The summed E-state index contributed by atoms with van der Waals surface area (Å²) in [6.07, 6.45) is 6.30. The summed E-state index contributed by atoms with van der Waals surface area (Å²) >= 11 is 0. The second-order valence-electron chi connectivity index (χ2n) is 8.50. The van der Waals surface area contributed by atoms with Gasteiger partial charge in [-0.3, -0.25) is 14.4 Å². The first-order valence-corrected chi connectivity index (χ1v) is 12.2. The predicted octanol–water partition coefficient (Wildman–Crippen LogP) is 0.839. The molecule has 1 aromatic carbocycles. The predicted molar refractivity (Wildman–Crippen MR) is 116 cm³/mol. The van der Waals surface area contributed by atoms with Crippen LogP contribution in [0, 0.1) is 0 Å². The van der Waals surface area contributed by atoms with Crippen molar-refractivity contribution >= 4 is 27.0 Å². The molecular formula is C21H28N4O5S. The highest BCUT2D eigenvalue weighted by Gasteiger charge is 2.40. The van der Waals surface area contributed by atoms with Crippen LogP contribution in [0.4, 0.5) is 0 Å². The van der Waals surface area contributed by atoms with Gasteiger partial charge in [-0.1, -0.05) is 19.3 Å². The molecule has 0 bridgehead atoms. The molecule has 1 amide bonds. The number of aryl methyl sites for hydroxylation is 2. The largest absolute Gasteiger partial charge is 0.352 e. The molecule has 4 rings (SSSR count). The number of fused-ring (bicyclic) bond motifs is 1. The van der Waals surface area contributed by atoms with Gasteiger partial charge < -0.3 is 14.5 Å². The number of nitrogens with one attached hydrogen (secondary N) is 1. The second kappa shape index (κ2) is 8.23. The van der Waals surface area contributed by atoms with Crippen LogP contribution < -0.4 is 16.4 Å². The fourth-order valence-electron chi connectivity index (χ4n) is 4.69. The van der Waals surface area contributed by atoms with Crippen molar-refractivity contribution in [3.63, 3.8) is 0 Å². The van der Waals surface area contributed by atoms with Crippen LogP contribution in [-0.2, 0) is 28.9 Å². The van der Waals surface area contributed by atoms with Crippen molar-refractivity contribution in [1.82, 2.24) is 18.8 Å². The van der Waals surface area contributed by atoms with Gasteiger partial charge in [0.1, 0.15) is 6.04 Å². The summed E-state index contributed by atoms with van der Waals surface area (Å²) in [5, 5.41) is 3.05. The highest BCUT2D eigenvalue weighted by atomic mass is 32.2. The van der Waals surface area contributed by atoms with Crippen molar-refractivity contribution in [2.45, 2.75) is 61.9 Å². The Kier molecular flexibility index (Phi) is 5.78. The zero-order valence-corrected chi connectivity index (χ0v) is 18.7. The number of aromatic nitrogens is 2. The molecule has 1 N–H and O–H groups in total. The van der Waals surface area contributed by atoms with E-state index in [-0.39, 0.29) is 23.4 Å². The molecule has 1 unspecified atom stereocenters. The SMILES string of the molecule is Cn1c(=O)c(=O)n(C)c2cc(S(=O)(=O)N3CCCC3C(=O)NC3CCCCC3)ccc21. The van der Waals surface area contributed by atoms with Gasteiger partial charge in [-0.25, -0.2) is 8.42 Å². The van der Waals surface area contributed by atoms with E-state index in [0.29, 0.717) is 23.9 Å². The lowest BCUT2D eigenvalue weighted by molar-refractivity contribution is -0.125. The maximum absolute atomic E-state index is 13.4. The summed E-state index contributed by atoms with van der Waals surface area (Å²) in [6.45, 7) is 0.273. The third-order valence-electron chi connectivity index (χ3n) is 6.53. The summed E-state index contributed by atoms with van der Waals surface area (Å²) in [4.78, 5) is 37.1. The number of amides is 1. The van der Waals surface area contributed by atoms with E-state index in [1.165, 1.54) is 47.6 Å². The summed E-state index contributed by atoms with van der Waals surface area (Å²) in [5.74, 6) is -0.233.